The molecule has 0 fully saturated rings. The van der Waals surface area contributed by atoms with Crippen LogP contribution in [0.4, 0.5) is 0 Å². The Balaban J connectivity index is 3.95. The van der Waals surface area contributed by atoms with E-state index in [4.69, 9.17) is 11.1 Å². The zero-order chi connectivity index (χ0) is 12.6. The van der Waals surface area contributed by atoms with Gasteiger partial charge in [-0.1, -0.05) is 27.7 Å². The van der Waals surface area contributed by atoms with Crippen LogP contribution in [-0.4, -0.2) is 54.9 Å². The molecule has 4 nitrogen and oxygen atoms in total. The topological polar surface area (TPSA) is 56.4 Å². The second-order valence-electron chi connectivity index (χ2n) is 4.28. The predicted octanol–water partition coefficient (Wildman–Crippen LogP) is 1.22. The van der Waals surface area contributed by atoms with E-state index in [1.54, 1.807) is 0 Å². The van der Waals surface area contributed by atoms with E-state index in [2.05, 4.69) is 30.6 Å². The Morgan fingerprint density at radius 1 is 1.06 bits per heavy atom. The van der Waals surface area contributed by atoms with Crippen LogP contribution in [0.2, 0.25) is 0 Å². The standard InChI is InChI=1S/C12H28N4/c1-5-15(6-2)8-9-16(7-3)10-11(4)12(13)14/h11H,5-10H2,1-4H3,(H3,13,14). The fraction of sp³-hybridized carbons (Fsp3) is 0.917. The van der Waals surface area contributed by atoms with Gasteiger partial charge in [-0.15, -0.1) is 0 Å². The Morgan fingerprint density at radius 3 is 1.88 bits per heavy atom. The molecule has 0 aliphatic rings. The van der Waals surface area contributed by atoms with Crippen LogP contribution in [0.15, 0.2) is 0 Å². The lowest BCUT2D eigenvalue weighted by Crippen LogP contribution is -2.39. The highest BCUT2D eigenvalue weighted by Gasteiger charge is 2.11. The molecule has 3 N–H and O–H groups in total. The third kappa shape index (κ3) is 6.08. The SMILES string of the molecule is CCN(CC)CCN(CC)CC(C)C(=N)N. The first kappa shape index (κ1) is 15.4. The molecule has 0 radical (unpaired) electrons. The zero-order valence-corrected chi connectivity index (χ0v) is 11.3. The summed E-state index contributed by atoms with van der Waals surface area (Å²) in [5.41, 5.74) is 5.49. The molecule has 0 aromatic heterocycles. The summed E-state index contributed by atoms with van der Waals surface area (Å²) in [6, 6.07) is 0. The molecule has 0 saturated heterocycles. The quantitative estimate of drug-likeness (QED) is 0.461. The smallest absolute Gasteiger partial charge is 0.0947 e. The fourth-order valence-electron chi connectivity index (χ4n) is 1.69. The number of hydrogen-bond donors (Lipinski definition) is 2. The van der Waals surface area contributed by atoms with Crippen molar-refractivity contribution in [2.24, 2.45) is 11.7 Å². The van der Waals surface area contributed by atoms with Gasteiger partial charge in [-0.2, -0.15) is 0 Å². The lowest BCUT2D eigenvalue weighted by Gasteiger charge is -2.27. The van der Waals surface area contributed by atoms with E-state index in [0.717, 1.165) is 39.3 Å². The summed E-state index contributed by atoms with van der Waals surface area (Å²) in [6.45, 7) is 14.9. The fourth-order valence-corrected chi connectivity index (χ4v) is 1.69. The van der Waals surface area contributed by atoms with Gasteiger partial charge >= 0.3 is 0 Å². The Hall–Kier alpha value is -0.610. The van der Waals surface area contributed by atoms with Crippen LogP contribution in [0.5, 0.6) is 0 Å². The predicted molar refractivity (Wildman–Crippen MR) is 71.0 cm³/mol. The average molecular weight is 228 g/mol. The number of nitrogens with zero attached hydrogens (tertiary/aromatic N) is 2. The Bertz CT molecular complexity index is 189. The Labute approximate surface area is 100 Å². The van der Waals surface area contributed by atoms with Gasteiger partial charge in [0, 0.05) is 25.6 Å². The van der Waals surface area contributed by atoms with Crippen LogP contribution in [-0.2, 0) is 0 Å². The maximum Gasteiger partial charge on any atom is 0.0947 e. The minimum absolute atomic E-state index is 0.164. The highest BCUT2D eigenvalue weighted by Crippen LogP contribution is 2.00. The van der Waals surface area contributed by atoms with E-state index >= 15 is 0 Å². The first-order chi connectivity index (χ1) is 7.54. The molecule has 0 bridgehead atoms. The van der Waals surface area contributed by atoms with Crippen LogP contribution in [0.3, 0.4) is 0 Å². The van der Waals surface area contributed by atoms with Crippen LogP contribution in [0, 0.1) is 11.3 Å². The monoisotopic (exact) mass is 228 g/mol. The van der Waals surface area contributed by atoms with Crippen molar-refractivity contribution in [3.05, 3.63) is 0 Å². The van der Waals surface area contributed by atoms with Crippen molar-refractivity contribution in [3.8, 4) is 0 Å². The molecule has 0 rings (SSSR count). The minimum Gasteiger partial charge on any atom is -0.387 e. The summed E-state index contributed by atoms with van der Waals surface area (Å²) in [5.74, 6) is 0.456. The highest BCUT2D eigenvalue weighted by atomic mass is 15.2. The number of amidine groups is 1. The molecule has 1 unspecified atom stereocenters. The van der Waals surface area contributed by atoms with Crippen LogP contribution < -0.4 is 5.73 Å². The average Bonchev–Trinajstić information content (AvgIpc) is 2.28. The van der Waals surface area contributed by atoms with Crippen molar-refractivity contribution in [2.45, 2.75) is 27.7 Å². The lowest BCUT2D eigenvalue weighted by molar-refractivity contribution is 0.212. The van der Waals surface area contributed by atoms with Crippen LogP contribution >= 0.6 is 0 Å². The molecule has 0 aliphatic heterocycles. The van der Waals surface area contributed by atoms with Crippen molar-refractivity contribution in [3.63, 3.8) is 0 Å². The summed E-state index contributed by atoms with van der Waals surface area (Å²) in [5, 5.41) is 7.40. The van der Waals surface area contributed by atoms with Crippen molar-refractivity contribution in [2.75, 3.05) is 39.3 Å². The summed E-state index contributed by atoms with van der Waals surface area (Å²) < 4.78 is 0. The minimum atomic E-state index is 0.164. The van der Waals surface area contributed by atoms with Crippen molar-refractivity contribution in [1.82, 2.24) is 9.80 Å². The van der Waals surface area contributed by atoms with Crippen molar-refractivity contribution < 1.29 is 0 Å². The van der Waals surface area contributed by atoms with Crippen LogP contribution in [0.1, 0.15) is 27.7 Å². The van der Waals surface area contributed by atoms with E-state index in [1.807, 2.05) is 6.92 Å². The van der Waals surface area contributed by atoms with E-state index in [9.17, 15) is 0 Å². The number of nitrogens with two attached hydrogens (primary N) is 1. The molecular weight excluding hydrogens is 200 g/mol. The maximum atomic E-state index is 7.40. The number of nitrogens with one attached hydrogen (secondary N) is 1. The maximum absolute atomic E-state index is 7.40. The van der Waals surface area contributed by atoms with Gasteiger partial charge in [0.15, 0.2) is 0 Å². The molecule has 96 valence electrons. The first-order valence-electron chi connectivity index (χ1n) is 6.33. The summed E-state index contributed by atoms with van der Waals surface area (Å²) in [6.07, 6.45) is 0. The van der Waals surface area contributed by atoms with E-state index in [0.29, 0.717) is 5.84 Å². The van der Waals surface area contributed by atoms with Gasteiger partial charge in [0.1, 0.15) is 0 Å². The van der Waals surface area contributed by atoms with Crippen molar-refractivity contribution >= 4 is 5.84 Å². The lowest BCUT2D eigenvalue weighted by atomic mass is 10.1. The largest absolute Gasteiger partial charge is 0.387 e. The van der Waals surface area contributed by atoms with Gasteiger partial charge in [0.25, 0.3) is 0 Å². The molecule has 0 aromatic rings. The molecular formula is C12H28N4. The second-order valence-corrected chi connectivity index (χ2v) is 4.28. The number of rotatable bonds is 9. The summed E-state index contributed by atoms with van der Waals surface area (Å²) in [7, 11) is 0. The van der Waals surface area contributed by atoms with Crippen molar-refractivity contribution in [1.29, 1.82) is 5.41 Å². The molecule has 1 atom stereocenters. The Kier molecular flexibility index (Phi) is 8.21. The molecule has 16 heavy (non-hydrogen) atoms. The van der Waals surface area contributed by atoms with Gasteiger partial charge in [0.05, 0.1) is 5.84 Å². The molecule has 0 spiro atoms. The molecule has 0 heterocycles. The molecule has 0 aromatic carbocycles. The van der Waals surface area contributed by atoms with Crippen LogP contribution in [0.25, 0.3) is 0 Å². The van der Waals surface area contributed by atoms with Gasteiger partial charge in [-0.3, -0.25) is 5.41 Å². The Morgan fingerprint density at radius 2 is 1.50 bits per heavy atom. The van der Waals surface area contributed by atoms with E-state index in [1.165, 1.54) is 0 Å². The summed E-state index contributed by atoms with van der Waals surface area (Å²) >= 11 is 0. The molecule has 0 aliphatic carbocycles. The third-order valence-electron chi connectivity index (χ3n) is 3.14. The second kappa shape index (κ2) is 8.53. The summed E-state index contributed by atoms with van der Waals surface area (Å²) in [4.78, 5) is 4.78. The number of likely N-dealkylation sites (N-methyl/N-ethyl adjacent to an activating group) is 2. The third-order valence-corrected chi connectivity index (χ3v) is 3.14. The normalized spacial score (nSPS) is 13.4. The molecule has 0 saturated carbocycles. The van der Waals surface area contributed by atoms with Gasteiger partial charge in [0.2, 0.25) is 0 Å². The molecule has 4 heteroatoms. The van der Waals surface area contributed by atoms with E-state index < -0.39 is 0 Å². The number of hydrogen-bond acceptors (Lipinski definition) is 3. The first-order valence-corrected chi connectivity index (χ1v) is 6.33. The van der Waals surface area contributed by atoms with Gasteiger partial charge in [-0.05, 0) is 19.6 Å². The van der Waals surface area contributed by atoms with Gasteiger partial charge < -0.3 is 15.5 Å². The molecule has 0 amide bonds. The van der Waals surface area contributed by atoms with E-state index in [-0.39, 0.29) is 5.92 Å². The van der Waals surface area contributed by atoms with Gasteiger partial charge in [-0.25, -0.2) is 0 Å². The zero-order valence-electron chi connectivity index (χ0n) is 11.3. The highest BCUT2D eigenvalue weighted by molar-refractivity contribution is 5.79.